The molecular weight excluding hydrogens is 445 g/mol. The number of non-ortho nitro benzene ring substituents is 1. The summed E-state index contributed by atoms with van der Waals surface area (Å²) in [4.78, 5) is 24.5. The lowest BCUT2D eigenvalue weighted by atomic mass is 10.1. The molecule has 0 saturated carbocycles. The smallest absolute Gasteiger partial charge is 0.271 e. The fourth-order valence-electron chi connectivity index (χ4n) is 2.55. The molecule has 2 N–H and O–H groups in total. The number of phenols is 1. The Hall–Kier alpha value is -3.23. The fraction of sp³-hybridized carbons (Fsp3) is 0.190. The molecule has 0 radical (unpaired) electrons. The Labute approximate surface area is 189 Å². The van der Waals surface area contributed by atoms with Crippen LogP contribution in [0.1, 0.15) is 24.2 Å². The van der Waals surface area contributed by atoms with Gasteiger partial charge in [-0.1, -0.05) is 37.0 Å². The topological polar surface area (TPSA) is 109 Å². The number of nitro groups is 1. The molecule has 0 fully saturated rings. The van der Waals surface area contributed by atoms with Crippen molar-refractivity contribution in [2.45, 2.75) is 13.8 Å². The highest BCUT2D eigenvalue weighted by Gasteiger charge is 2.19. The summed E-state index contributed by atoms with van der Waals surface area (Å²) in [7, 11) is 3.64. The Balaban J connectivity index is 0.00000166. The molecule has 3 rings (SSSR count). The number of halogens is 2. The molecule has 0 saturated heterocycles. The zero-order valence-corrected chi connectivity index (χ0v) is 18.8. The van der Waals surface area contributed by atoms with E-state index in [2.05, 4.69) is 5.32 Å². The number of carbonyl (C=O) groups excluding carboxylic acids is 1. The van der Waals surface area contributed by atoms with E-state index in [9.17, 15) is 20.0 Å². The van der Waals surface area contributed by atoms with Gasteiger partial charge in [-0.15, -0.1) is 0 Å². The molecule has 0 spiro atoms. The van der Waals surface area contributed by atoms with Crippen molar-refractivity contribution in [2.75, 3.05) is 24.3 Å². The van der Waals surface area contributed by atoms with Crippen LogP contribution in [-0.2, 0) is 0 Å². The van der Waals surface area contributed by atoms with Gasteiger partial charge in [-0.25, -0.2) is 0 Å². The minimum absolute atomic E-state index is 0.0124. The second-order valence-corrected chi connectivity index (χ2v) is 7.07. The summed E-state index contributed by atoms with van der Waals surface area (Å²) >= 11 is 12.3. The number of anilines is 2. The van der Waals surface area contributed by atoms with E-state index in [0.29, 0.717) is 17.2 Å². The number of benzene rings is 2. The van der Waals surface area contributed by atoms with Crippen LogP contribution in [0.25, 0.3) is 11.3 Å². The monoisotopic (exact) mass is 465 g/mol. The van der Waals surface area contributed by atoms with Crippen molar-refractivity contribution in [3.63, 3.8) is 0 Å². The van der Waals surface area contributed by atoms with E-state index in [1.807, 2.05) is 27.9 Å². The van der Waals surface area contributed by atoms with Crippen molar-refractivity contribution in [3.8, 4) is 17.1 Å². The Morgan fingerprint density at radius 2 is 1.77 bits per heavy atom. The molecule has 10 heteroatoms. The van der Waals surface area contributed by atoms with E-state index in [-0.39, 0.29) is 32.7 Å². The molecule has 0 aliphatic heterocycles. The standard InChI is InChI=1S/C19H15Cl2N3O5.C2H6/c1-23(2)18-6-5-17(29-18)11-9-16(25)12(8-13(11)20)19(26)22-15-4-3-10(24(27)28)7-14(15)21;1-2/h3-9,25H,1-2H3,(H,22,26);1-2H3. The summed E-state index contributed by atoms with van der Waals surface area (Å²) in [6.45, 7) is 4.00. The molecule has 164 valence electrons. The average Bonchev–Trinajstić information content (AvgIpc) is 3.22. The molecular formula is C21H21Cl2N3O5. The molecule has 1 aromatic heterocycles. The molecule has 1 heterocycles. The highest BCUT2D eigenvalue weighted by Crippen LogP contribution is 2.36. The summed E-state index contributed by atoms with van der Waals surface area (Å²) in [6, 6.07) is 9.71. The molecule has 0 aliphatic carbocycles. The van der Waals surface area contributed by atoms with Crippen LogP contribution in [0.3, 0.4) is 0 Å². The van der Waals surface area contributed by atoms with E-state index in [0.717, 1.165) is 6.07 Å². The second kappa shape index (κ2) is 10.2. The van der Waals surface area contributed by atoms with Gasteiger partial charge < -0.3 is 19.7 Å². The number of furan rings is 1. The van der Waals surface area contributed by atoms with Crippen LogP contribution in [0.15, 0.2) is 46.9 Å². The molecule has 1 amide bonds. The number of hydrogen-bond donors (Lipinski definition) is 2. The second-order valence-electron chi connectivity index (χ2n) is 6.26. The maximum Gasteiger partial charge on any atom is 0.271 e. The lowest BCUT2D eigenvalue weighted by Gasteiger charge is -2.11. The van der Waals surface area contributed by atoms with Gasteiger partial charge >= 0.3 is 0 Å². The van der Waals surface area contributed by atoms with Crippen LogP contribution >= 0.6 is 23.2 Å². The molecule has 0 unspecified atom stereocenters. The SMILES string of the molecule is CC.CN(C)c1ccc(-c2cc(O)c(C(=O)Nc3ccc([N+](=O)[O-])cc3Cl)cc2Cl)o1. The van der Waals surface area contributed by atoms with Gasteiger partial charge in [0, 0.05) is 37.9 Å². The number of carbonyl (C=O) groups is 1. The lowest BCUT2D eigenvalue weighted by Crippen LogP contribution is -2.12. The van der Waals surface area contributed by atoms with Gasteiger partial charge in [0.15, 0.2) is 5.88 Å². The highest BCUT2D eigenvalue weighted by atomic mass is 35.5. The predicted molar refractivity (Wildman–Crippen MR) is 123 cm³/mol. The fourth-order valence-corrected chi connectivity index (χ4v) is 3.03. The number of aromatic hydroxyl groups is 1. The quantitative estimate of drug-likeness (QED) is 0.342. The van der Waals surface area contributed by atoms with Crippen LogP contribution < -0.4 is 10.2 Å². The molecule has 0 atom stereocenters. The maximum atomic E-state index is 12.5. The van der Waals surface area contributed by atoms with Crippen LogP contribution in [0, 0.1) is 10.1 Å². The number of rotatable bonds is 5. The van der Waals surface area contributed by atoms with E-state index in [1.54, 1.807) is 17.0 Å². The summed E-state index contributed by atoms with van der Waals surface area (Å²) < 4.78 is 5.67. The van der Waals surface area contributed by atoms with Crippen molar-refractivity contribution < 1.29 is 19.2 Å². The number of nitro benzene ring substituents is 1. The van der Waals surface area contributed by atoms with E-state index < -0.39 is 10.8 Å². The minimum atomic E-state index is -0.680. The largest absolute Gasteiger partial charge is 0.507 e. The normalized spacial score (nSPS) is 10.1. The summed E-state index contributed by atoms with van der Waals surface area (Å²) in [5, 5.41) is 23.8. The number of phenolic OH excluding ortho intramolecular Hbond substituents is 1. The van der Waals surface area contributed by atoms with E-state index >= 15 is 0 Å². The number of amides is 1. The molecule has 2 aromatic carbocycles. The van der Waals surface area contributed by atoms with E-state index in [4.69, 9.17) is 27.6 Å². The summed E-state index contributed by atoms with van der Waals surface area (Å²) in [5.41, 5.74) is 0.275. The molecule has 8 nitrogen and oxygen atoms in total. The summed E-state index contributed by atoms with van der Waals surface area (Å²) in [6.07, 6.45) is 0. The van der Waals surface area contributed by atoms with Crippen LogP contribution in [0.2, 0.25) is 10.0 Å². The van der Waals surface area contributed by atoms with Crippen molar-refractivity contribution >= 4 is 46.4 Å². The average molecular weight is 466 g/mol. The van der Waals surface area contributed by atoms with Crippen LogP contribution in [0.4, 0.5) is 17.3 Å². The van der Waals surface area contributed by atoms with Gasteiger partial charge in [-0.2, -0.15) is 0 Å². The zero-order chi connectivity index (χ0) is 23.3. The Bertz CT molecular complexity index is 1110. The van der Waals surface area contributed by atoms with Crippen LogP contribution in [-0.4, -0.2) is 30.0 Å². The highest BCUT2D eigenvalue weighted by molar-refractivity contribution is 6.35. The molecule has 3 aromatic rings. The van der Waals surface area contributed by atoms with E-state index in [1.165, 1.54) is 24.3 Å². The predicted octanol–water partition coefficient (Wildman–Crippen LogP) is 6.21. The van der Waals surface area contributed by atoms with Crippen molar-refractivity contribution in [3.05, 3.63) is 68.2 Å². The van der Waals surface area contributed by atoms with Gasteiger partial charge in [0.1, 0.15) is 11.5 Å². The van der Waals surface area contributed by atoms with Gasteiger partial charge in [-0.3, -0.25) is 14.9 Å². The first-order valence-electron chi connectivity index (χ1n) is 9.22. The number of nitrogens with one attached hydrogen (secondary N) is 1. The van der Waals surface area contributed by atoms with Gasteiger partial charge in [-0.05, 0) is 24.3 Å². The lowest BCUT2D eigenvalue weighted by molar-refractivity contribution is -0.384. The summed E-state index contributed by atoms with van der Waals surface area (Å²) in [5.74, 6) is 0.0347. The van der Waals surface area contributed by atoms with Gasteiger partial charge in [0.2, 0.25) is 0 Å². The van der Waals surface area contributed by atoms with Crippen molar-refractivity contribution in [1.82, 2.24) is 0 Å². The number of nitrogens with zero attached hydrogens (tertiary/aromatic N) is 2. The Morgan fingerprint density at radius 1 is 1.10 bits per heavy atom. The number of hydrogen-bond acceptors (Lipinski definition) is 6. The first-order chi connectivity index (χ1) is 14.7. The molecule has 0 aliphatic rings. The maximum absolute atomic E-state index is 12.5. The molecule has 0 bridgehead atoms. The zero-order valence-electron chi connectivity index (χ0n) is 17.3. The minimum Gasteiger partial charge on any atom is -0.507 e. The van der Waals surface area contributed by atoms with Gasteiger partial charge in [0.05, 0.1) is 26.2 Å². The van der Waals surface area contributed by atoms with Crippen LogP contribution in [0.5, 0.6) is 5.75 Å². The van der Waals surface area contributed by atoms with Gasteiger partial charge in [0.25, 0.3) is 11.6 Å². The Kier molecular flexibility index (Phi) is 7.90. The molecule has 31 heavy (non-hydrogen) atoms. The van der Waals surface area contributed by atoms with Crippen molar-refractivity contribution in [2.24, 2.45) is 0 Å². The first kappa shape index (κ1) is 24.0. The van der Waals surface area contributed by atoms with Crippen molar-refractivity contribution in [1.29, 1.82) is 0 Å². The first-order valence-corrected chi connectivity index (χ1v) is 9.98. The third-order valence-corrected chi connectivity index (χ3v) is 4.67. The third-order valence-electron chi connectivity index (χ3n) is 4.04. The Morgan fingerprint density at radius 3 is 2.32 bits per heavy atom. The third kappa shape index (κ3) is 5.48.